The van der Waals surface area contributed by atoms with Crippen molar-refractivity contribution in [2.45, 2.75) is 32.2 Å². The first kappa shape index (κ1) is 21.0. The van der Waals surface area contributed by atoms with E-state index in [9.17, 15) is 4.79 Å². The fraction of sp³-hybridized carbons (Fsp3) is 0.320. The first-order valence-corrected chi connectivity index (χ1v) is 10.9. The third kappa shape index (κ3) is 6.12. The number of fused-ring (bicyclic) bond motifs is 1. The van der Waals surface area contributed by atoms with E-state index >= 15 is 0 Å². The summed E-state index contributed by atoms with van der Waals surface area (Å²) in [5.41, 5.74) is 5.40. The third-order valence-electron chi connectivity index (χ3n) is 5.37. The maximum atomic E-state index is 11.8. The Morgan fingerprint density at radius 1 is 1.06 bits per heavy atom. The predicted molar refractivity (Wildman–Crippen MR) is 120 cm³/mol. The number of hydrogen-bond donors (Lipinski definition) is 2. The van der Waals surface area contributed by atoms with Crippen LogP contribution in [0.5, 0.6) is 5.75 Å². The van der Waals surface area contributed by atoms with E-state index in [2.05, 4.69) is 38.8 Å². The lowest BCUT2D eigenvalue weighted by atomic mass is 10.0. The Bertz CT molecular complexity index is 1010. The summed E-state index contributed by atoms with van der Waals surface area (Å²) in [6, 6.07) is 14.0. The molecule has 4 rings (SSSR count). The molecule has 0 saturated carbocycles. The molecule has 0 spiro atoms. The summed E-state index contributed by atoms with van der Waals surface area (Å²) >= 11 is 0. The molecule has 6 nitrogen and oxygen atoms in total. The summed E-state index contributed by atoms with van der Waals surface area (Å²) in [5, 5.41) is 6.33. The number of nitrogens with one attached hydrogen (secondary N) is 2. The highest BCUT2D eigenvalue weighted by Crippen LogP contribution is 2.20. The van der Waals surface area contributed by atoms with Gasteiger partial charge in [-0.25, -0.2) is 0 Å². The molecule has 1 aromatic carbocycles. The molecule has 0 saturated heterocycles. The Morgan fingerprint density at radius 3 is 2.94 bits per heavy atom. The monoisotopic (exact) mass is 416 g/mol. The molecule has 0 atom stereocenters. The number of carbonyl (C=O) groups is 1. The van der Waals surface area contributed by atoms with E-state index in [0.29, 0.717) is 13.2 Å². The SMILES string of the molecule is O=C1NCCc2cc(OCCCNCc3ccnc(CCc4cccnc4)c3)ccc21. The van der Waals surface area contributed by atoms with Crippen molar-refractivity contribution < 1.29 is 9.53 Å². The Kier molecular flexibility index (Phi) is 7.24. The number of aromatic nitrogens is 2. The third-order valence-corrected chi connectivity index (χ3v) is 5.37. The molecular weight excluding hydrogens is 388 g/mol. The van der Waals surface area contributed by atoms with Crippen LogP contribution in [0.4, 0.5) is 0 Å². The average molecular weight is 417 g/mol. The number of pyridine rings is 2. The molecule has 1 aliphatic heterocycles. The van der Waals surface area contributed by atoms with Gasteiger partial charge in [-0.2, -0.15) is 0 Å². The largest absolute Gasteiger partial charge is 0.494 e. The molecule has 2 N–H and O–H groups in total. The van der Waals surface area contributed by atoms with Crippen molar-refractivity contribution in [1.82, 2.24) is 20.6 Å². The van der Waals surface area contributed by atoms with E-state index in [1.807, 2.05) is 36.7 Å². The van der Waals surface area contributed by atoms with Gasteiger partial charge in [-0.15, -0.1) is 0 Å². The Balaban J connectivity index is 1.15. The van der Waals surface area contributed by atoms with Gasteiger partial charge in [-0.05, 0) is 85.3 Å². The lowest BCUT2D eigenvalue weighted by Crippen LogP contribution is -2.31. The maximum absolute atomic E-state index is 11.8. The molecule has 31 heavy (non-hydrogen) atoms. The van der Waals surface area contributed by atoms with E-state index in [1.54, 1.807) is 6.20 Å². The van der Waals surface area contributed by atoms with Crippen molar-refractivity contribution in [1.29, 1.82) is 0 Å². The maximum Gasteiger partial charge on any atom is 0.251 e. The molecule has 2 aromatic heterocycles. The van der Waals surface area contributed by atoms with Gasteiger partial charge >= 0.3 is 0 Å². The molecule has 160 valence electrons. The molecule has 1 aliphatic rings. The predicted octanol–water partition coefficient (Wildman–Crippen LogP) is 3.11. The highest BCUT2D eigenvalue weighted by molar-refractivity contribution is 5.96. The van der Waals surface area contributed by atoms with Crippen molar-refractivity contribution in [3.05, 3.63) is 89.0 Å². The van der Waals surface area contributed by atoms with E-state index < -0.39 is 0 Å². The number of aryl methyl sites for hydroxylation is 2. The number of ether oxygens (including phenoxy) is 1. The van der Waals surface area contributed by atoms with Gasteiger partial charge < -0.3 is 15.4 Å². The molecule has 0 fully saturated rings. The van der Waals surface area contributed by atoms with Crippen molar-refractivity contribution in [3.8, 4) is 5.75 Å². The molecule has 3 heterocycles. The van der Waals surface area contributed by atoms with Crippen molar-refractivity contribution in [2.24, 2.45) is 0 Å². The molecular formula is C25H28N4O2. The van der Waals surface area contributed by atoms with Crippen LogP contribution < -0.4 is 15.4 Å². The fourth-order valence-electron chi connectivity index (χ4n) is 3.71. The van der Waals surface area contributed by atoms with Crippen LogP contribution in [-0.2, 0) is 25.8 Å². The molecule has 0 bridgehead atoms. The molecule has 0 radical (unpaired) electrons. The van der Waals surface area contributed by atoms with Crippen molar-refractivity contribution in [2.75, 3.05) is 19.7 Å². The molecule has 1 amide bonds. The van der Waals surface area contributed by atoms with Crippen LogP contribution in [0, 0.1) is 0 Å². The minimum atomic E-state index is 0.00773. The topological polar surface area (TPSA) is 76.1 Å². The van der Waals surface area contributed by atoms with Crippen LogP contribution in [0.25, 0.3) is 0 Å². The summed E-state index contributed by atoms with van der Waals surface area (Å²) in [5.74, 6) is 0.842. The standard InChI is InChI=1S/C25H28N4O2/c30-25-24-7-6-23(16-21(24)9-13-29-25)31-14-2-11-27-18-20-8-12-28-22(15-20)5-4-19-3-1-10-26-17-19/h1,3,6-8,10,12,15-17,27H,2,4-5,9,11,13-14,18H2,(H,29,30). The van der Waals surface area contributed by atoms with Crippen LogP contribution in [0.3, 0.4) is 0 Å². The Hall–Kier alpha value is -3.25. The van der Waals surface area contributed by atoms with Crippen LogP contribution in [0.15, 0.2) is 61.1 Å². The van der Waals surface area contributed by atoms with E-state index in [0.717, 1.165) is 61.3 Å². The van der Waals surface area contributed by atoms with Gasteiger partial charge in [0.2, 0.25) is 0 Å². The van der Waals surface area contributed by atoms with E-state index in [-0.39, 0.29) is 5.91 Å². The Morgan fingerprint density at radius 2 is 2.03 bits per heavy atom. The number of benzene rings is 1. The van der Waals surface area contributed by atoms with E-state index in [4.69, 9.17) is 4.74 Å². The smallest absolute Gasteiger partial charge is 0.251 e. The highest BCUT2D eigenvalue weighted by atomic mass is 16.5. The number of carbonyl (C=O) groups excluding carboxylic acids is 1. The second-order valence-electron chi connectivity index (χ2n) is 7.72. The molecule has 0 unspecified atom stereocenters. The fourth-order valence-corrected chi connectivity index (χ4v) is 3.71. The first-order chi connectivity index (χ1) is 15.3. The average Bonchev–Trinajstić information content (AvgIpc) is 2.81. The summed E-state index contributed by atoms with van der Waals surface area (Å²) < 4.78 is 5.87. The summed E-state index contributed by atoms with van der Waals surface area (Å²) in [4.78, 5) is 20.5. The van der Waals surface area contributed by atoms with Crippen molar-refractivity contribution >= 4 is 5.91 Å². The van der Waals surface area contributed by atoms with Gasteiger partial charge in [0, 0.05) is 42.9 Å². The molecule has 3 aromatic rings. The lowest BCUT2D eigenvalue weighted by Gasteiger charge is -2.17. The lowest BCUT2D eigenvalue weighted by molar-refractivity contribution is 0.0946. The second kappa shape index (κ2) is 10.7. The Labute approximate surface area is 183 Å². The van der Waals surface area contributed by atoms with Gasteiger partial charge in [-0.3, -0.25) is 14.8 Å². The summed E-state index contributed by atoms with van der Waals surface area (Å²) in [7, 11) is 0. The van der Waals surface area contributed by atoms with Gasteiger partial charge in [0.25, 0.3) is 5.91 Å². The summed E-state index contributed by atoms with van der Waals surface area (Å²) in [6.07, 6.45) is 9.22. The van der Waals surface area contributed by atoms with E-state index in [1.165, 1.54) is 11.1 Å². The van der Waals surface area contributed by atoms with Gasteiger partial charge in [0.1, 0.15) is 5.75 Å². The van der Waals surface area contributed by atoms with Crippen LogP contribution in [-0.4, -0.2) is 35.6 Å². The quantitative estimate of drug-likeness (QED) is 0.497. The molecule has 6 heteroatoms. The van der Waals surface area contributed by atoms with Gasteiger partial charge in [0.15, 0.2) is 0 Å². The highest BCUT2D eigenvalue weighted by Gasteiger charge is 2.16. The number of amides is 1. The first-order valence-electron chi connectivity index (χ1n) is 10.9. The van der Waals surface area contributed by atoms with Gasteiger partial charge in [0.05, 0.1) is 6.61 Å². The zero-order valence-electron chi connectivity index (χ0n) is 17.6. The normalized spacial score (nSPS) is 12.8. The van der Waals surface area contributed by atoms with Crippen LogP contribution in [0.1, 0.15) is 39.2 Å². The van der Waals surface area contributed by atoms with Crippen LogP contribution >= 0.6 is 0 Å². The minimum Gasteiger partial charge on any atom is -0.494 e. The number of rotatable bonds is 10. The van der Waals surface area contributed by atoms with Crippen molar-refractivity contribution in [3.63, 3.8) is 0 Å². The van der Waals surface area contributed by atoms with Gasteiger partial charge in [-0.1, -0.05) is 6.07 Å². The number of hydrogen-bond acceptors (Lipinski definition) is 5. The number of nitrogens with zero attached hydrogens (tertiary/aromatic N) is 2. The minimum absolute atomic E-state index is 0.00773. The second-order valence-corrected chi connectivity index (χ2v) is 7.72. The molecule has 0 aliphatic carbocycles. The summed E-state index contributed by atoms with van der Waals surface area (Å²) in [6.45, 7) is 3.03. The van der Waals surface area contributed by atoms with Crippen LogP contribution in [0.2, 0.25) is 0 Å². The zero-order chi connectivity index (χ0) is 21.3. The zero-order valence-corrected chi connectivity index (χ0v) is 17.6.